The molecule has 9 heteroatoms. The first-order chi connectivity index (χ1) is 14.4. The number of rotatable bonds is 4. The number of nitrogens with two attached hydrogens (primary N) is 2. The van der Waals surface area contributed by atoms with E-state index in [9.17, 15) is 8.78 Å². The molecular weight excluding hydrogens is 388 g/mol. The molecule has 3 heterocycles. The van der Waals surface area contributed by atoms with Crippen LogP contribution in [-0.4, -0.2) is 30.4 Å². The van der Waals surface area contributed by atoms with E-state index in [2.05, 4.69) is 19.9 Å². The number of fused-ring (bicyclic) bond motifs is 2. The SMILES string of the molecule is NCc1cc2cc(C3=CCC(F)(F)CC3)cc(Cn3cnc4c(N)ncnc43)c2[nH]1. The Morgan fingerprint density at radius 2 is 2.03 bits per heavy atom. The van der Waals surface area contributed by atoms with E-state index in [-0.39, 0.29) is 12.8 Å². The van der Waals surface area contributed by atoms with Crippen LogP contribution >= 0.6 is 0 Å². The molecule has 0 bridgehead atoms. The lowest BCUT2D eigenvalue weighted by molar-refractivity contribution is -0.00602. The average Bonchev–Trinajstić information content (AvgIpc) is 3.33. The quantitative estimate of drug-likeness (QED) is 0.477. The number of benzene rings is 1. The zero-order valence-corrected chi connectivity index (χ0v) is 16.2. The van der Waals surface area contributed by atoms with Crippen LogP contribution in [0.4, 0.5) is 14.6 Å². The summed E-state index contributed by atoms with van der Waals surface area (Å²) in [5, 5.41) is 1.000. The van der Waals surface area contributed by atoms with Crippen LogP contribution in [0.3, 0.4) is 0 Å². The molecule has 1 aliphatic rings. The Bertz CT molecular complexity index is 1290. The highest BCUT2D eigenvalue weighted by molar-refractivity contribution is 5.88. The molecule has 7 nitrogen and oxygen atoms in total. The van der Waals surface area contributed by atoms with Crippen molar-refractivity contribution in [2.45, 2.75) is 38.3 Å². The number of alkyl halides is 2. The van der Waals surface area contributed by atoms with Gasteiger partial charge >= 0.3 is 0 Å². The molecule has 5 N–H and O–H groups in total. The van der Waals surface area contributed by atoms with E-state index in [1.165, 1.54) is 6.33 Å². The molecule has 5 rings (SSSR count). The van der Waals surface area contributed by atoms with E-state index in [1.807, 2.05) is 22.8 Å². The van der Waals surface area contributed by atoms with Gasteiger partial charge in [0.15, 0.2) is 11.5 Å². The first-order valence-corrected chi connectivity index (χ1v) is 9.77. The van der Waals surface area contributed by atoms with Gasteiger partial charge in [-0.3, -0.25) is 0 Å². The first-order valence-electron chi connectivity index (χ1n) is 9.77. The minimum atomic E-state index is -2.62. The Labute approximate surface area is 170 Å². The Balaban J connectivity index is 1.61. The summed E-state index contributed by atoms with van der Waals surface area (Å²) in [7, 11) is 0. The van der Waals surface area contributed by atoms with E-state index in [1.54, 1.807) is 12.4 Å². The zero-order valence-electron chi connectivity index (χ0n) is 16.2. The van der Waals surface area contributed by atoms with Crippen LogP contribution in [0.15, 0.2) is 36.9 Å². The number of imidazole rings is 1. The molecule has 0 spiro atoms. The number of allylic oxidation sites excluding steroid dienone is 2. The van der Waals surface area contributed by atoms with E-state index in [0.29, 0.717) is 36.5 Å². The van der Waals surface area contributed by atoms with Gasteiger partial charge in [0.05, 0.1) is 18.4 Å². The molecule has 0 saturated carbocycles. The van der Waals surface area contributed by atoms with Gasteiger partial charge in [-0.1, -0.05) is 6.08 Å². The molecule has 0 amide bonds. The highest BCUT2D eigenvalue weighted by atomic mass is 19.3. The third kappa shape index (κ3) is 3.21. The van der Waals surface area contributed by atoms with E-state index in [4.69, 9.17) is 11.5 Å². The normalized spacial score (nSPS) is 16.3. The number of hydrogen-bond donors (Lipinski definition) is 3. The largest absolute Gasteiger partial charge is 0.382 e. The van der Waals surface area contributed by atoms with Crippen molar-refractivity contribution in [2.75, 3.05) is 5.73 Å². The third-order valence-electron chi connectivity index (χ3n) is 5.63. The Morgan fingerprint density at radius 3 is 2.80 bits per heavy atom. The van der Waals surface area contributed by atoms with Crippen molar-refractivity contribution < 1.29 is 8.78 Å². The lowest BCUT2D eigenvalue weighted by atomic mass is 9.90. The standard InChI is InChI=1S/C21H21F2N7/c22-21(23)3-1-12(2-4-21)13-5-14-7-16(8-24)29-17(14)15(6-13)9-30-11-28-18-19(25)26-10-27-20(18)30/h1,5-7,10-11,29H,2-4,8-9,24H2,(H2,25,26,27). The second-order valence-electron chi connectivity index (χ2n) is 7.69. The van der Waals surface area contributed by atoms with Crippen molar-refractivity contribution in [1.82, 2.24) is 24.5 Å². The molecule has 1 aromatic carbocycles. The third-order valence-corrected chi connectivity index (χ3v) is 5.63. The number of anilines is 1. The van der Waals surface area contributed by atoms with Crippen LogP contribution in [0.5, 0.6) is 0 Å². The number of hydrogen-bond acceptors (Lipinski definition) is 5. The van der Waals surface area contributed by atoms with Crippen LogP contribution in [0.25, 0.3) is 27.6 Å². The molecule has 154 valence electrons. The molecule has 0 radical (unpaired) electrons. The van der Waals surface area contributed by atoms with Crippen LogP contribution in [0.1, 0.15) is 36.1 Å². The lowest BCUT2D eigenvalue weighted by Gasteiger charge is -2.22. The maximum atomic E-state index is 13.6. The number of nitrogen functional groups attached to an aromatic ring is 1. The lowest BCUT2D eigenvalue weighted by Crippen LogP contribution is -2.18. The monoisotopic (exact) mass is 409 g/mol. The van der Waals surface area contributed by atoms with Gasteiger partial charge in [0, 0.05) is 30.5 Å². The summed E-state index contributed by atoms with van der Waals surface area (Å²) in [6.07, 6.45) is 4.75. The van der Waals surface area contributed by atoms with Gasteiger partial charge in [0.25, 0.3) is 5.92 Å². The number of H-pyrrole nitrogens is 1. The van der Waals surface area contributed by atoms with E-state index >= 15 is 0 Å². The number of nitrogens with one attached hydrogen (secondary N) is 1. The molecule has 1 aliphatic carbocycles. The van der Waals surface area contributed by atoms with E-state index < -0.39 is 5.92 Å². The summed E-state index contributed by atoms with van der Waals surface area (Å²) in [5.74, 6) is -2.29. The summed E-state index contributed by atoms with van der Waals surface area (Å²) in [4.78, 5) is 16.0. The molecule has 0 atom stereocenters. The maximum absolute atomic E-state index is 13.6. The Hall–Kier alpha value is -3.33. The molecule has 30 heavy (non-hydrogen) atoms. The number of aromatic nitrogens is 5. The van der Waals surface area contributed by atoms with Crippen molar-refractivity contribution in [3.05, 3.63) is 53.8 Å². The molecule has 0 aliphatic heterocycles. The van der Waals surface area contributed by atoms with Crippen LogP contribution in [0.2, 0.25) is 0 Å². The van der Waals surface area contributed by atoms with Crippen LogP contribution < -0.4 is 11.5 Å². The average molecular weight is 409 g/mol. The van der Waals surface area contributed by atoms with Crippen molar-refractivity contribution >= 4 is 33.5 Å². The van der Waals surface area contributed by atoms with Gasteiger partial charge < -0.3 is 21.0 Å². The molecule has 0 unspecified atom stereocenters. The number of aromatic amines is 1. The van der Waals surface area contributed by atoms with Crippen molar-refractivity contribution in [3.63, 3.8) is 0 Å². The van der Waals surface area contributed by atoms with Gasteiger partial charge in [-0.25, -0.2) is 23.7 Å². The first kappa shape index (κ1) is 18.7. The summed E-state index contributed by atoms with van der Waals surface area (Å²) < 4.78 is 29.1. The maximum Gasteiger partial charge on any atom is 0.251 e. The summed E-state index contributed by atoms with van der Waals surface area (Å²) in [6, 6.07) is 6.09. The molecule has 0 saturated heterocycles. The van der Waals surface area contributed by atoms with Crippen LogP contribution in [-0.2, 0) is 13.1 Å². The number of halogens is 2. The fraction of sp³-hybridized carbons (Fsp3) is 0.286. The van der Waals surface area contributed by atoms with Gasteiger partial charge in [-0.15, -0.1) is 0 Å². The van der Waals surface area contributed by atoms with E-state index in [0.717, 1.165) is 33.3 Å². The second kappa shape index (κ2) is 6.88. The van der Waals surface area contributed by atoms with Crippen molar-refractivity contribution in [2.24, 2.45) is 5.73 Å². The highest BCUT2D eigenvalue weighted by Gasteiger charge is 2.31. The van der Waals surface area contributed by atoms with Gasteiger partial charge in [0.2, 0.25) is 0 Å². The zero-order chi connectivity index (χ0) is 20.9. The topological polar surface area (TPSA) is 111 Å². The second-order valence-corrected chi connectivity index (χ2v) is 7.69. The smallest absolute Gasteiger partial charge is 0.251 e. The predicted molar refractivity (Wildman–Crippen MR) is 112 cm³/mol. The van der Waals surface area contributed by atoms with Gasteiger partial charge in [-0.05, 0) is 41.3 Å². The fourth-order valence-corrected chi connectivity index (χ4v) is 4.05. The van der Waals surface area contributed by atoms with Gasteiger partial charge in [-0.2, -0.15) is 0 Å². The molecule has 4 aromatic rings. The fourth-order valence-electron chi connectivity index (χ4n) is 4.05. The minimum absolute atomic E-state index is 0.129. The van der Waals surface area contributed by atoms with Crippen molar-refractivity contribution in [3.8, 4) is 0 Å². The number of nitrogens with zero attached hydrogens (tertiary/aromatic N) is 4. The van der Waals surface area contributed by atoms with Crippen molar-refractivity contribution in [1.29, 1.82) is 0 Å². The summed E-state index contributed by atoms with van der Waals surface area (Å²) in [6.45, 7) is 0.876. The summed E-state index contributed by atoms with van der Waals surface area (Å²) in [5.41, 5.74) is 17.7. The Morgan fingerprint density at radius 1 is 1.17 bits per heavy atom. The molecule has 0 fully saturated rings. The molecular formula is C21H21F2N7. The molecule has 3 aromatic heterocycles. The van der Waals surface area contributed by atoms with Gasteiger partial charge in [0.1, 0.15) is 11.8 Å². The Kier molecular flexibility index (Phi) is 4.28. The minimum Gasteiger partial charge on any atom is -0.382 e. The predicted octanol–water partition coefficient (Wildman–Crippen LogP) is 3.60. The highest BCUT2D eigenvalue weighted by Crippen LogP contribution is 2.37. The summed E-state index contributed by atoms with van der Waals surface area (Å²) >= 11 is 0. The van der Waals surface area contributed by atoms with Crippen LogP contribution in [0, 0.1) is 0 Å².